The van der Waals surface area contributed by atoms with Gasteiger partial charge in [0.25, 0.3) is 0 Å². The Kier molecular flexibility index (Phi) is 4.07. The highest BCUT2D eigenvalue weighted by Crippen LogP contribution is 2.23. The first-order chi connectivity index (χ1) is 8.93. The number of carbonyl (C=O) groups excluding carboxylic acids is 1. The van der Waals surface area contributed by atoms with Crippen molar-refractivity contribution in [1.82, 2.24) is 5.32 Å². The molecule has 0 bridgehead atoms. The maximum Gasteiger partial charge on any atom is 0.179 e. The Morgan fingerprint density at radius 2 is 2.05 bits per heavy atom. The van der Waals surface area contributed by atoms with Gasteiger partial charge in [-0.05, 0) is 57.2 Å². The lowest BCUT2D eigenvalue weighted by molar-refractivity contribution is 0.0911. The van der Waals surface area contributed by atoms with E-state index in [0.717, 1.165) is 18.4 Å². The first kappa shape index (κ1) is 14.2. The van der Waals surface area contributed by atoms with Crippen LogP contribution in [0.4, 0.5) is 0 Å². The minimum absolute atomic E-state index is 0.00874. The van der Waals surface area contributed by atoms with Gasteiger partial charge >= 0.3 is 0 Å². The molecule has 1 aromatic rings. The number of aliphatic hydroxyl groups is 1. The topological polar surface area (TPSA) is 49.3 Å². The zero-order valence-electron chi connectivity index (χ0n) is 12.0. The van der Waals surface area contributed by atoms with Crippen LogP contribution in [0.2, 0.25) is 0 Å². The highest BCUT2D eigenvalue weighted by atomic mass is 16.3. The third-order valence-electron chi connectivity index (χ3n) is 3.78. The van der Waals surface area contributed by atoms with Crippen molar-refractivity contribution in [1.29, 1.82) is 0 Å². The van der Waals surface area contributed by atoms with Crippen molar-refractivity contribution in [2.24, 2.45) is 0 Å². The van der Waals surface area contributed by atoms with Gasteiger partial charge in [-0.3, -0.25) is 4.79 Å². The van der Waals surface area contributed by atoms with E-state index in [0.29, 0.717) is 0 Å². The molecule has 1 aliphatic carbocycles. The Bertz CT molecular complexity index is 480. The molecule has 2 rings (SSSR count). The van der Waals surface area contributed by atoms with Gasteiger partial charge in [0.2, 0.25) is 0 Å². The summed E-state index contributed by atoms with van der Waals surface area (Å²) in [6.45, 7) is 5.64. The molecule has 1 aliphatic rings. The zero-order valence-corrected chi connectivity index (χ0v) is 12.0. The molecule has 3 nitrogen and oxygen atoms in total. The van der Waals surface area contributed by atoms with Crippen molar-refractivity contribution >= 4 is 5.78 Å². The van der Waals surface area contributed by atoms with Crippen molar-refractivity contribution in [3.63, 3.8) is 0 Å². The van der Waals surface area contributed by atoms with Crippen LogP contribution in [0.5, 0.6) is 0 Å². The zero-order chi connectivity index (χ0) is 14.0. The quantitative estimate of drug-likeness (QED) is 0.798. The monoisotopic (exact) mass is 261 g/mol. The largest absolute Gasteiger partial charge is 0.394 e. The molecule has 3 heteroatoms. The van der Waals surface area contributed by atoms with Crippen LogP contribution in [-0.4, -0.2) is 29.1 Å². The molecule has 0 radical (unpaired) electrons. The van der Waals surface area contributed by atoms with Crippen molar-refractivity contribution < 1.29 is 9.90 Å². The van der Waals surface area contributed by atoms with Crippen LogP contribution in [0.1, 0.15) is 48.7 Å². The van der Waals surface area contributed by atoms with E-state index in [9.17, 15) is 9.90 Å². The molecule has 104 valence electrons. The lowest BCUT2D eigenvalue weighted by atomic mass is 9.98. The number of fused-ring (bicyclic) bond motifs is 1. The number of Topliss-reactive ketones (excluding diaryl/α,β-unsaturated/α-hetero) is 1. The van der Waals surface area contributed by atoms with E-state index in [1.54, 1.807) is 0 Å². The molecule has 1 unspecified atom stereocenters. The number of hydrogen-bond donors (Lipinski definition) is 2. The highest BCUT2D eigenvalue weighted by Gasteiger charge is 2.24. The van der Waals surface area contributed by atoms with Crippen LogP contribution in [-0.2, 0) is 12.8 Å². The van der Waals surface area contributed by atoms with Crippen LogP contribution in [0.25, 0.3) is 0 Å². The molecule has 0 fully saturated rings. The smallest absolute Gasteiger partial charge is 0.179 e. The maximum atomic E-state index is 12.4. The third kappa shape index (κ3) is 3.23. The summed E-state index contributed by atoms with van der Waals surface area (Å²) in [5.74, 6) is 0.0937. The SMILES string of the molecule is CC(NC(C)(C)CO)C(=O)c1ccc2c(c1)CCC2. The van der Waals surface area contributed by atoms with Gasteiger partial charge in [0.15, 0.2) is 5.78 Å². The summed E-state index contributed by atoms with van der Waals surface area (Å²) in [6.07, 6.45) is 3.41. The van der Waals surface area contributed by atoms with E-state index in [-0.39, 0.29) is 18.4 Å². The molecule has 2 N–H and O–H groups in total. The van der Waals surface area contributed by atoms with E-state index >= 15 is 0 Å². The molecule has 0 amide bonds. The molecule has 19 heavy (non-hydrogen) atoms. The van der Waals surface area contributed by atoms with Crippen molar-refractivity contribution in [2.75, 3.05) is 6.61 Å². The molecule has 0 aromatic heterocycles. The number of rotatable bonds is 5. The molecule has 0 spiro atoms. The van der Waals surface area contributed by atoms with Gasteiger partial charge in [0, 0.05) is 11.1 Å². The van der Waals surface area contributed by atoms with Crippen LogP contribution >= 0.6 is 0 Å². The number of nitrogens with one attached hydrogen (secondary N) is 1. The van der Waals surface area contributed by atoms with E-state index < -0.39 is 5.54 Å². The van der Waals surface area contributed by atoms with Gasteiger partial charge in [0.1, 0.15) is 0 Å². The predicted molar refractivity (Wildman–Crippen MR) is 76.6 cm³/mol. The summed E-state index contributed by atoms with van der Waals surface area (Å²) in [4.78, 5) is 12.4. The van der Waals surface area contributed by atoms with Gasteiger partial charge in [-0.15, -0.1) is 0 Å². The fourth-order valence-corrected chi connectivity index (χ4v) is 2.67. The predicted octanol–water partition coefficient (Wildman–Crippen LogP) is 2.11. The average Bonchev–Trinajstić information content (AvgIpc) is 2.84. The Hall–Kier alpha value is -1.19. The molecule has 0 heterocycles. The lowest BCUT2D eigenvalue weighted by Crippen LogP contribution is -2.50. The van der Waals surface area contributed by atoms with Crippen molar-refractivity contribution in [3.8, 4) is 0 Å². The minimum Gasteiger partial charge on any atom is -0.394 e. The number of carbonyl (C=O) groups is 1. The Morgan fingerprint density at radius 1 is 1.37 bits per heavy atom. The van der Waals surface area contributed by atoms with Gasteiger partial charge in [0.05, 0.1) is 12.6 Å². The molecule has 1 atom stereocenters. The number of hydrogen-bond acceptors (Lipinski definition) is 3. The van der Waals surface area contributed by atoms with Crippen LogP contribution in [0.15, 0.2) is 18.2 Å². The summed E-state index contributed by atoms with van der Waals surface area (Å²) in [7, 11) is 0. The van der Waals surface area contributed by atoms with Crippen molar-refractivity contribution in [3.05, 3.63) is 34.9 Å². The fourth-order valence-electron chi connectivity index (χ4n) is 2.67. The maximum absolute atomic E-state index is 12.4. The first-order valence-electron chi connectivity index (χ1n) is 6.97. The van der Waals surface area contributed by atoms with E-state index in [1.165, 1.54) is 17.5 Å². The highest BCUT2D eigenvalue weighted by molar-refractivity contribution is 6.00. The second-order valence-corrected chi connectivity index (χ2v) is 6.11. The van der Waals surface area contributed by atoms with Crippen LogP contribution in [0.3, 0.4) is 0 Å². The standard InChI is InChI=1S/C16H23NO2/c1-11(17-16(2,3)10-18)15(19)14-8-7-12-5-4-6-13(12)9-14/h7-9,11,17-18H,4-6,10H2,1-3H3. The molecular formula is C16H23NO2. The summed E-state index contributed by atoms with van der Waals surface area (Å²) < 4.78 is 0. The molecule has 0 aliphatic heterocycles. The van der Waals surface area contributed by atoms with Crippen LogP contribution < -0.4 is 5.32 Å². The normalized spacial score (nSPS) is 16.2. The average molecular weight is 261 g/mol. The van der Waals surface area contributed by atoms with E-state index in [4.69, 9.17) is 0 Å². The first-order valence-corrected chi connectivity index (χ1v) is 6.97. The van der Waals surface area contributed by atoms with E-state index in [1.807, 2.05) is 32.9 Å². The number of aliphatic hydroxyl groups excluding tert-OH is 1. The number of aryl methyl sites for hydroxylation is 2. The number of ketones is 1. The van der Waals surface area contributed by atoms with Gasteiger partial charge in [-0.1, -0.05) is 12.1 Å². The Labute approximate surface area is 115 Å². The summed E-state index contributed by atoms with van der Waals surface area (Å²) in [5, 5.41) is 12.4. The second-order valence-electron chi connectivity index (χ2n) is 6.11. The van der Waals surface area contributed by atoms with Gasteiger partial charge in [-0.2, -0.15) is 0 Å². The lowest BCUT2D eigenvalue weighted by Gasteiger charge is -2.27. The summed E-state index contributed by atoms with van der Waals surface area (Å²) >= 11 is 0. The van der Waals surface area contributed by atoms with E-state index in [2.05, 4.69) is 11.4 Å². The summed E-state index contributed by atoms with van der Waals surface area (Å²) in [6, 6.07) is 5.76. The Balaban J connectivity index is 2.11. The molecular weight excluding hydrogens is 238 g/mol. The second kappa shape index (κ2) is 5.43. The van der Waals surface area contributed by atoms with Crippen molar-refractivity contribution in [2.45, 2.75) is 51.6 Å². The molecule has 0 saturated heterocycles. The Morgan fingerprint density at radius 3 is 2.74 bits per heavy atom. The third-order valence-corrected chi connectivity index (χ3v) is 3.78. The van der Waals surface area contributed by atoms with Crippen LogP contribution in [0, 0.1) is 0 Å². The molecule has 1 aromatic carbocycles. The fraction of sp³-hybridized carbons (Fsp3) is 0.562. The summed E-state index contributed by atoms with van der Waals surface area (Å²) in [5.41, 5.74) is 3.04. The minimum atomic E-state index is -0.439. The van der Waals surface area contributed by atoms with Gasteiger partial charge < -0.3 is 10.4 Å². The molecule has 0 saturated carbocycles. The number of benzene rings is 1. The van der Waals surface area contributed by atoms with Gasteiger partial charge in [-0.25, -0.2) is 0 Å².